The summed E-state index contributed by atoms with van der Waals surface area (Å²) in [6.45, 7) is 5.47. The average Bonchev–Trinajstić information content (AvgIpc) is 2.80. The summed E-state index contributed by atoms with van der Waals surface area (Å²) in [5.41, 5.74) is 4.03. The fraction of sp³-hybridized carbons (Fsp3) is 0.600. The van der Waals surface area contributed by atoms with Crippen molar-refractivity contribution in [1.82, 2.24) is 0 Å². The highest BCUT2D eigenvalue weighted by Gasteiger charge is 2.10. The van der Waals surface area contributed by atoms with E-state index in [1.165, 1.54) is 38.5 Å². The molecule has 4 nitrogen and oxygen atoms in total. The van der Waals surface area contributed by atoms with Crippen LogP contribution in [0, 0.1) is 13.8 Å². The second-order valence-corrected chi connectivity index (χ2v) is 9.93. The van der Waals surface area contributed by atoms with Crippen molar-refractivity contribution in [3.05, 3.63) is 46.5 Å². The lowest BCUT2D eigenvalue weighted by Crippen LogP contribution is -2.01. The molecule has 0 aromatic heterocycles. The molecule has 0 fully saturated rings. The smallest absolute Gasteiger partial charge is 0.122 e. The van der Waals surface area contributed by atoms with E-state index >= 15 is 0 Å². The second kappa shape index (κ2) is 14.1. The van der Waals surface area contributed by atoms with Crippen LogP contribution in [0.15, 0.2) is 24.3 Å². The first kappa shape index (κ1) is 26.2. The van der Waals surface area contributed by atoms with Gasteiger partial charge in [0.15, 0.2) is 0 Å². The van der Waals surface area contributed by atoms with Crippen LogP contribution >= 0.6 is 0 Å². The van der Waals surface area contributed by atoms with Crippen molar-refractivity contribution >= 4 is 0 Å². The van der Waals surface area contributed by atoms with E-state index < -0.39 is 0 Å². The summed E-state index contributed by atoms with van der Waals surface area (Å²) >= 11 is 0. The monoisotopic (exact) mass is 468 g/mol. The van der Waals surface area contributed by atoms with Gasteiger partial charge < -0.3 is 19.7 Å². The van der Waals surface area contributed by atoms with Crippen LogP contribution < -0.4 is 9.47 Å². The van der Waals surface area contributed by atoms with Gasteiger partial charge in [-0.3, -0.25) is 0 Å². The van der Waals surface area contributed by atoms with Gasteiger partial charge in [0, 0.05) is 0 Å². The summed E-state index contributed by atoms with van der Waals surface area (Å²) < 4.78 is 12.1. The van der Waals surface area contributed by atoms with Gasteiger partial charge in [0.25, 0.3) is 0 Å². The molecule has 2 aromatic carbocycles. The Morgan fingerprint density at radius 2 is 0.853 bits per heavy atom. The number of benzene rings is 2. The number of phenolic OH excluding ortho intramolecular Hbond substituents is 2. The minimum Gasteiger partial charge on any atom is -0.508 e. The van der Waals surface area contributed by atoms with Crippen LogP contribution in [0.1, 0.15) is 99.3 Å². The first-order valence-corrected chi connectivity index (χ1v) is 13.4. The summed E-state index contributed by atoms with van der Waals surface area (Å²) in [5.74, 6) is 2.63. The zero-order valence-electron chi connectivity index (χ0n) is 21.3. The summed E-state index contributed by atoms with van der Waals surface area (Å²) in [4.78, 5) is 0. The van der Waals surface area contributed by atoms with Crippen LogP contribution in [0.2, 0.25) is 0 Å². The van der Waals surface area contributed by atoms with E-state index in [0.717, 1.165) is 98.3 Å². The summed E-state index contributed by atoms with van der Waals surface area (Å²) in [7, 11) is 0. The van der Waals surface area contributed by atoms with Gasteiger partial charge in [-0.05, 0) is 98.9 Å². The maximum atomic E-state index is 10.4. The van der Waals surface area contributed by atoms with Gasteiger partial charge in [-0.1, -0.05) is 51.4 Å². The highest BCUT2D eigenvalue weighted by Crippen LogP contribution is 2.30. The normalized spacial score (nSPS) is 17.7. The average molecular weight is 469 g/mol. The van der Waals surface area contributed by atoms with E-state index in [4.69, 9.17) is 9.47 Å². The predicted octanol–water partition coefficient (Wildman–Crippen LogP) is 7.95. The standard InChI is InChI=1S/C30H44O4/c1-23-19-27(31)25-15-11-7-4-6-10-14-18-34-30-22-26(28(32)20-24(30)2)16-12-8-3-5-9-13-17-33-29(23)21-25/h19-22,31-32H,3-18H2,1-2H3. The molecule has 0 atom stereocenters. The molecule has 1 heterocycles. The molecule has 0 saturated heterocycles. The van der Waals surface area contributed by atoms with Crippen molar-refractivity contribution in [3.8, 4) is 23.0 Å². The van der Waals surface area contributed by atoms with Gasteiger partial charge in [-0.2, -0.15) is 0 Å². The third-order valence-corrected chi connectivity index (χ3v) is 6.95. The summed E-state index contributed by atoms with van der Waals surface area (Å²) in [6, 6.07) is 7.80. The van der Waals surface area contributed by atoms with Crippen LogP contribution in [0.5, 0.6) is 23.0 Å². The maximum Gasteiger partial charge on any atom is 0.122 e. The molecule has 188 valence electrons. The van der Waals surface area contributed by atoms with E-state index in [1.807, 2.05) is 38.1 Å². The van der Waals surface area contributed by atoms with Gasteiger partial charge in [0.05, 0.1) is 13.2 Å². The Morgan fingerprint density at radius 3 is 1.26 bits per heavy atom. The van der Waals surface area contributed by atoms with Gasteiger partial charge in [-0.15, -0.1) is 0 Å². The second-order valence-electron chi connectivity index (χ2n) is 9.93. The third kappa shape index (κ3) is 8.45. The number of phenols is 2. The molecule has 2 aromatic rings. The summed E-state index contributed by atoms with van der Waals surface area (Å²) in [5, 5.41) is 20.7. The van der Waals surface area contributed by atoms with Crippen LogP contribution in [-0.2, 0) is 12.8 Å². The Hall–Kier alpha value is -2.36. The van der Waals surface area contributed by atoms with Gasteiger partial charge in [-0.25, -0.2) is 0 Å². The van der Waals surface area contributed by atoms with Crippen LogP contribution in [0.3, 0.4) is 0 Å². The highest BCUT2D eigenvalue weighted by molar-refractivity contribution is 5.46. The third-order valence-electron chi connectivity index (χ3n) is 6.95. The number of hydrogen-bond donors (Lipinski definition) is 2. The Balaban J connectivity index is 1.55. The lowest BCUT2D eigenvalue weighted by molar-refractivity contribution is 0.300. The number of rotatable bonds is 0. The quantitative estimate of drug-likeness (QED) is 0.412. The number of fused-ring (bicyclic) bond motifs is 4. The van der Waals surface area contributed by atoms with Gasteiger partial charge in [0.2, 0.25) is 0 Å². The van der Waals surface area contributed by atoms with Crippen molar-refractivity contribution in [1.29, 1.82) is 0 Å². The highest BCUT2D eigenvalue weighted by atomic mass is 16.5. The van der Waals surface area contributed by atoms with E-state index in [9.17, 15) is 10.2 Å². The van der Waals surface area contributed by atoms with Crippen molar-refractivity contribution in [2.24, 2.45) is 0 Å². The zero-order valence-corrected chi connectivity index (χ0v) is 21.3. The lowest BCUT2D eigenvalue weighted by Gasteiger charge is -2.14. The fourth-order valence-corrected chi connectivity index (χ4v) is 4.75. The lowest BCUT2D eigenvalue weighted by atomic mass is 10.0. The molecule has 4 heteroatoms. The largest absolute Gasteiger partial charge is 0.508 e. The van der Waals surface area contributed by atoms with E-state index in [0.29, 0.717) is 11.5 Å². The molecule has 3 rings (SSSR count). The SMILES string of the molecule is Cc1cc(O)c2cc1OCCCCCCCCc1cc(c(C)cc1O)OCCCCCCCC2. The van der Waals surface area contributed by atoms with Crippen LogP contribution in [0.4, 0.5) is 0 Å². The molecule has 0 unspecified atom stereocenters. The molecule has 0 saturated carbocycles. The Kier molecular flexibility index (Phi) is 10.9. The molecule has 0 spiro atoms. The Bertz CT molecular complexity index is 754. The van der Waals surface area contributed by atoms with E-state index in [-0.39, 0.29) is 0 Å². The molecule has 4 bridgehead atoms. The number of ether oxygens (including phenoxy) is 2. The van der Waals surface area contributed by atoms with Crippen LogP contribution in [0.25, 0.3) is 0 Å². The van der Waals surface area contributed by atoms with Crippen molar-refractivity contribution < 1.29 is 19.7 Å². The van der Waals surface area contributed by atoms with E-state index in [2.05, 4.69) is 0 Å². The summed E-state index contributed by atoms with van der Waals surface area (Å²) in [6.07, 6.45) is 15.6. The molecule has 0 aliphatic carbocycles. The van der Waals surface area contributed by atoms with Gasteiger partial charge in [0.1, 0.15) is 23.0 Å². The molecule has 1 aliphatic rings. The molecular formula is C30H44O4. The fourth-order valence-electron chi connectivity index (χ4n) is 4.75. The zero-order chi connectivity index (χ0) is 24.2. The number of aromatic hydroxyl groups is 2. The molecule has 1 aliphatic heterocycles. The molecule has 0 amide bonds. The first-order valence-electron chi connectivity index (χ1n) is 13.4. The Labute approximate surface area is 206 Å². The van der Waals surface area contributed by atoms with Crippen molar-refractivity contribution in [3.63, 3.8) is 0 Å². The number of aryl methyl sites for hydroxylation is 4. The minimum atomic E-state index is 0.399. The topological polar surface area (TPSA) is 58.9 Å². The van der Waals surface area contributed by atoms with Crippen molar-refractivity contribution in [2.45, 2.75) is 104 Å². The maximum absolute atomic E-state index is 10.4. The molecule has 2 N–H and O–H groups in total. The van der Waals surface area contributed by atoms with E-state index in [1.54, 1.807) is 0 Å². The van der Waals surface area contributed by atoms with Crippen LogP contribution in [-0.4, -0.2) is 23.4 Å². The van der Waals surface area contributed by atoms with Crippen molar-refractivity contribution in [2.75, 3.05) is 13.2 Å². The Morgan fingerprint density at radius 1 is 0.500 bits per heavy atom. The van der Waals surface area contributed by atoms with Gasteiger partial charge >= 0.3 is 0 Å². The number of hydrogen-bond acceptors (Lipinski definition) is 4. The molecule has 0 radical (unpaired) electrons. The first-order chi connectivity index (χ1) is 16.5. The molecule has 34 heavy (non-hydrogen) atoms. The molecular weight excluding hydrogens is 424 g/mol. The minimum absolute atomic E-state index is 0.399. The predicted molar refractivity (Wildman–Crippen MR) is 139 cm³/mol.